The third-order valence-corrected chi connectivity index (χ3v) is 4.48. The molecule has 0 radical (unpaired) electrons. The van der Waals surface area contributed by atoms with Crippen LogP contribution in [0, 0.1) is 0 Å². The first kappa shape index (κ1) is 13.7. The fourth-order valence-electron chi connectivity index (χ4n) is 1.32. The van der Waals surface area contributed by atoms with Crippen LogP contribution in [-0.2, 0) is 16.6 Å². The molecule has 0 bridgehead atoms. The molecule has 0 aliphatic carbocycles. The number of hydrogen-bond donors (Lipinski definition) is 0. The third kappa shape index (κ3) is 2.83. The van der Waals surface area contributed by atoms with Gasteiger partial charge in [-0.05, 0) is 6.92 Å². The van der Waals surface area contributed by atoms with Gasteiger partial charge in [-0.2, -0.15) is 4.31 Å². The van der Waals surface area contributed by atoms with Gasteiger partial charge in [-0.1, -0.05) is 22.9 Å². The summed E-state index contributed by atoms with van der Waals surface area (Å²) >= 11 is 3.24. The van der Waals surface area contributed by atoms with Crippen LogP contribution in [0.25, 0.3) is 0 Å². The number of aromatic nitrogens is 2. The molecule has 7 heteroatoms. The number of nitrogens with zero attached hydrogens (tertiary/aromatic N) is 3. The Bertz CT molecular complexity index is 430. The Balaban J connectivity index is 2.99. The highest BCUT2D eigenvalue weighted by Crippen LogP contribution is 2.13. The van der Waals surface area contributed by atoms with Crippen molar-refractivity contribution < 1.29 is 8.42 Å². The summed E-state index contributed by atoms with van der Waals surface area (Å²) in [5, 5.41) is 0.742. The summed E-state index contributed by atoms with van der Waals surface area (Å²) < 4.78 is 27.4. The quantitative estimate of drug-likeness (QED) is 0.745. The minimum absolute atomic E-state index is 0.122. The van der Waals surface area contributed by atoms with E-state index in [1.165, 1.54) is 10.6 Å². The summed E-state index contributed by atoms with van der Waals surface area (Å²) in [6, 6.07) is 0. The molecule has 0 unspecified atom stereocenters. The number of rotatable bonds is 6. The van der Waals surface area contributed by atoms with Gasteiger partial charge >= 0.3 is 0 Å². The van der Waals surface area contributed by atoms with Gasteiger partial charge in [-0.3, -0.25) is 0 Å². The molecule has 0 aliphatic rings. The smallest absolute Gasteiger partial charge is 0.262 e. The Morgan fingerprint density at radius 2 is 2.19 bits per heavy atom. The van der Waals surface area contributed by atoms with Crippen molar-refractivity contribution in [2.45, 2.75) is 25.4 Å². The first-order chi connectivity index (χ1) is 7.56. The maximum absolute atomic E-state index is 12.1. The Hall–Kier alpha value is -0.400. The van der Waals surface area contributed by atoms with Gasteiger partial charge in [0, 0.05) is 31.2 Å². The van der Waals surface area contributed by atoms with Crippen molar-refractivity contribution in [2.75, 3.05) is 18.4 Å². The van der Waals surface area contributed by atoms with Crippen LogP contribution in [0.15, 0.2) is 17.6 Å². The van der Waals surface area contributed by atoms with Crippen LogP contribution in [0.4, 0.5) is 0 Å². The van der Waals surface area contributed by atoms with Crippen LogP contribution < -0.4 is 0 Å². The number of imidazole rings is 1. The molecule has 5 nitrogen and oxygen atoms in total. The minimum atomic E-state index is -3.43. The summed E-state index contributed by atoms with van der Waals surface area (Å²) in [4.78, 5) is 3.93. The van der Waals surface area contributed by atoms with E-state index in [2.05, 4.69) is 20.9 Å². The lowest BCUT2D eigenvalue weighted by Gasteiger charge is -2.17. The van der Waals surface area contributed by atoms with Gasteiger partial charge in [0.25, 0.3) is 10.0 Å². The molecule has 0 saturated heterocycles. The molecule has 92 valence electrons. The maximum Gasteiger partial charge on any atom is 0.262 e. The van der Waals surface area contributed by atoms with E-state index in [9.17, 15) is 8.42 Å². The average Bonchev–Trinajstić information content (AvgIpc) is 2.74. The monoisotopic (exact) mass is 309 g/mol. The molecule has 1 rings (SSSR count). The van der Waals surface area contributed by atoms with Crippen molar-refractivity contribution in [1.82, 2.24) is 13.9 Å². The molecule has 0 fully saturated rings. The van der Waals surface area contributed by atoms with Crippen molar-refractivity contribution in [3.8, 4) is 0 Å². The first-order valence-corrected chi connectivity index (χ1v) is 7.70. The Kier molecular flexibility index (Phi) is 4.94. The molecule has 0 atom stereocenters. The maximum atomic E-state index is 12.1. The highest BCUT2D eigenvalue weighted by molar-refractivity contribution is 9.09. The van der Waals surface area contributed by atoms with Gasteiger partial charge in [0.15, 0.2) is 5.03 Å². The molecule has 0 aliphatic heterocycles. The first-order valence-electron chi connectivity index (χ1n) is 5.14. The van der Waals surface area contributed by atoms with Gasteiger partial charge in [0.2, 0.25) is 0 Å². The summed E-state index contributed by atoms with van der Waals surface area (Å²) in [6.07, 6.45) is 3.10. The lowest BCUT2D eigenvalue weighted by Crippen LogP contribution is -2.32. The summed E-state index contributed by atoms with van der Waals surface area (Å²) in [5.41, 5.74) is 0. The number of hydrogen-bond acceptors (Lipinski definition) is 3. The second-order valence-electron chi connectivity index (χ2n) is 3.23. The lowest BCUT2D eigenvalue weighted by atomic mass is 10.7. The van der Waals surface area contributed by atoms with Crippen LogP contribution in [0.1, 0.15) is 13.8 Å². The molecular weight excluding hydrogens is 294 g/mol. The normalized spacial score (nSPS) is 12.2. The van der Waals surface area contributed by atoms with Gasteiger partial charge in [-0.15, -0.1) is 0 Å². The Morgan fingerprint density at radius 1 is 1.50 bits per heavy atom. The van der Waals surface area contributed by atoms with Crippen LogP contribution in [-0.4, -0.2) is 40.7 Å². The molecule has 0 spiro atoms. The average molecular weight is 310 g/mol. The molecule has 0 N–H and O–H groups in total. The van der Waals surface area contributed by atoms with Gasteiger partial charge < -0.3 is 4.57 Å². The largest absolute Gasteiger partial charge is 0.336 e. The highest BCUT2D eigenvalue weighted by Gasteiger charge is 2.24. The van der Waals surface area contributed by atoms with Crippen LogP contribution in [0.3, 0.4) is 0 Å². The fourth-order valence-corrected chi connectivity index (χ4v) is 3.37. The molecule has 0 saturated carbocycles. The minimum Gasteiger partial charge on any atom is -0.336 e. The van der Waals surface area contributed by atoms with Crippen molar-refractivity contribution in [2.24, 2.45) is 0 Å². The van der Waals surface area contributed by atoms with E-state index in [1.807, 2.05) is 13.8 Å². The van der Waals surface area contributed by atoms with Crippen molar-refractivity contribution in [3.63, 3.8) is 0 Å². The van der Waals surface area contributed by atoms with E-state index < -0.39 is 10.0 Å². The zero-order valence-electron chi connectivity index (χ0n) is 9.43. The topological polar surface area (TPSA) is 55.2 Å². The second kappa shape index (κ2) is 5.79. The molecule has 0 aromatic carbocycles. The molecule has 1 aromatic rings. The Morgan fingerprint density at radius 3 is 2.62 bits per heavy atom. The SMILES string of the molecule is CCN(CCBr)S(=O)(=O)c1cn(CC)cn1. The fraction of sp³-hybridized carbons (Fsp3) is 0.667. The van der Waals surface area contributed by atoms with E-state index >= 15 is 0 Å². The molecule has 0 amide bonds. The van der Waals surface area contributed by atoms with E-state index in [1.54, 1.807) is 10.8 Å². The van der Waals surface area contributed by atoms with Crippen LogP contribution >= 0.6 is 15.9 Å². The van der Waals surface area contributed by atoms with E-state index in [4.69, 9.17) is 0 Å². The third-order valence-electron chi connectivity index (χ3n) is 2.27. The summed E-state index contributed by atoms with van der Waals surface area (Å²) in [6.45, 7) is 5.38. The summed E-state index contributed by atoms with van der Waals surface area (Å²) in [7, 11) is -3.43. The Labute approximate surface area is 105 Å². The molecule has 1 heterocycles. The molecular formula is C9H16BrN3O2S. The number of halogens is 1. The second-order valence-corrected chi connectivity index (χ2v) is 5.91. The predicted molar refractivity (Wildman–Crippen MR) is 66.1 cm³/mol. The van der Waals surface area contributed by atoms with Gasteiger partial charge in [0.05, 0.1) is 6.33 Å². The lowest BCUT2D eigenvalue weighted by molar-refractivity contribution is 0.446. The van der Waals surface area contributed by atoms with Gasteiger partial charge in [-0.25, -0.2) is 13.4 Å². The zero-order chi connectivity index (χ0) is 12.2. The van der Waals surface area contributed by atoms with Crippen molar-refractivity contribution in [3.05, 3.63) is 12.5 Å². The highest BCUT2D eigenvalue weighted by atomic mass is 79.9. The number of aryl methyl sites for hydroxylation is 1. The van der Waals surface area contributed by atoms with Crippen molar-refractivity contribution in [1.29, 1.82) is 0 Å². The van der Waals surface area contributed by atoms with Gasteiger partial charge in [0.1, 0.15) is 0 Å². The standard InChI is InChI=1S/C9H16BrN3O2S/c1-3-12-7-9(11-8-12)16(14,15)13(4-2)6-5-10/h7-8H,3-6H2,1-2H3. The van der Waals surface area contributed by atoms with Crippen LogP contribution in [0.5, 0.6) is 0 Å². The van der Waals surface area contributed by atoms with E-state index in [-0.39, 0.29) is 5.03 Å². The number of alkyl halides is 1. The molecule has 1 aromatic heterocycles. The molecule has 16 heavy (non-hydrogen) atoms. The summed E-state index contributed by atoms with van der Waals surface area (Å²) in [5.74, 6) is 0. The number of sulfonamides is 1. The van der Waals surface area contributed by atoms with Crippen LogP contribution in [0.2, 0.25) is 0 Å². The zero-order valence-corrected chi connectivity index (χ0v) is 11.8. The van der Waals surface area contributed by atoms with E-state index in [0.717, 1.165) is 0 Å². The van der Waals surface area contributed by atoms with Crippen molar-refractivity contribution >= 4 is 26.0 Å². The predicted octanol–water partition coefficient (Wildman–Crippen LogP) is 1.31. The van der Waals surface area contributed by atoms with E-state index in [0.29, 0.717) is 25.0 Å².